The normalized spacial score (nSPS) is 10.9. The fraction of sp³-hybridized carbons (Fsp3) is 0.263. The van der Waals surface area contributed by atoms with Crippen LogP contribution in [0, 0.1) is 0 Å². The Bertz CT molecular complexity index is 930. The van der Waals surface area contributed by atoms with Crippen LogP contribution >= 0.6 is 11.6 Å². The van der Waals surface area contributed by atoms with Crippen molar-refractivity contribution in [1.82, 2.24) is 10.6 Å². The molecule has 0 bridgehead atoms. The number of para-hydroxylation sites is 1. The van der Waals surface area contributed by atoms with Crippen molar-refractivity contribution in [3.63, 3.8) is 0 Å². The molecule has 0 aromatic heterocycles. The summed E-state index contributed by atoms with van der Waals surface area (Å²) in [5.41, 5.74) is 1.60. The van der Waals surface area contributed by atoms with E-state index >= 15 is 0 Å². The van der Waals surface area contributed by atoms with Gasteiger partial charge in [0.1, 0.15) is 0 Å². The average molecular weight is 424 g/mol. The summed E-state index contributed by atoms with van der Waals surface area (Å²) in [6, 6.07) is 13.4. The molecule has 0 spiro atoms. The van der Waals surface area contributed by atoms with Crippen molar-refractivity contribution in [3.8, 4) is 0 Å². The van der Waals surface area contributed by atoms with Crippen molar-refractivity contribution in [3.05, 3.63) is 64.7 Å². The minimum absolute atomic E-state index is 0.185. The maximum absolute atomic E-state index is 12.0. The van der Waals surface area contributed by atoms with Crippen LogP contribution in [0.25, 0.3) is 0 Å². The van der Waals surface area contributed by atoms with Gasteiger partial charge in [-0.25, -0.2) is 8.42 Å². The van der Waals surface area contributed by atoms with E-state index in [4.69, 9.17) is 11.6 Å². The molecule has 150 valence electrons. The van der Waals surface area contributed by atoms with Crippen LogP contribution in [-0.2, 0) is 21.4 Å². The van der Waals surface area contributed by atoms with E-state index < -0.39 is 10.0 Å². The number of nitrogens with one attached hydrogen (secondary N) is 3. The third-order valence-corrected chi connectivity index (χ3v) is 4.60. The first kappa shape index (κ1) is 21.7. The van der Waals surface area contributed by atoms with Gasteiger partial charge in [-0.1, -0.05) is 29.8 Å². The van der Waals surface area contributed by atoms with Gasteiger partial charge in [0.15, 0.2) is 0 Å². The van der Waals surface area contributed by atoms with Crippen LogP contribution in [0.2, 0.25) is 5.02 Å². The van der Waals surface area contributed by atoms with E-state index in [1.807, 2.05) is 0 Å². The zero-order valence-electron chi connectivity index (χ0n) is 15.4. The van der Waals surface area contributed by atoms with Crippen LogP contribution in [0.15, 0.2) is 48.5 Å². The van der Waals surface area contributed by atoms with E-state index in [1.54, 1.807) is 48.5 Å². The molecule has 3 N–H and O–H groups in total. The molecule has 2 rings (SSSR count). The lowest BCUT2D eigenvalue weighted by Crippen LogP contribution is -2.27. The molecular weight excluding hydrogens is 402 g/mol. The van der Waals surface area contributed by atoms with Crippen molar-refractivity contribution in [2.45, 2.75) is 19.4 Å². The Morgan fingerprint density at radius 3 is 2.36 bits per heavy atom. The van der Waals surface area contributed by atoms with Gasteiger partial charge < -0.3 is 10.6 Å². The molecule has 2 amide bonds. The summed E-state index contributed by atoms with van der Waals surface area (Å²) in [6.07, 6.45) is 1.79. The second-order valence-corrected chi connectivity index (χ2v) is 8.36. The van der Waals surface area contributed by atoms with Gasteiger partial charge in [-0.05, 0) is 42.3 Å². The number of hydrogen-bond acceptors (Lipinski definition) is 4. The predicted molar refractivity (Wildman–Crippen MR) is 110 cm³/mol. The lowest BCUT2D eigenvalue weighted by Gasteiger charge is -2.11. The Labute approximate surface area is 169 Å². The monoisotopic (exact) mass is 423 g/mol. The van der Waals surface area contributed by atoms with E-state index in [9.17, 15) is 18.0 Å². The van der Waals surface area contributed by atoms with Crippen molar-refractivity contribution in [2.75, 3.05) is 17.5 Å². The molecule has 0 atom stereocenters. The lowest BCUT2D eigenvalue weighted by molar-refractivity contribution is -0.121. The number of halogens is 1. The van der Waals surface area contributed by atoms with Crippen LogP contribution < -0.4 is 15.4 Å². The molecule has 0 saturated carbocycles. The molecule has 0 radical (unpaired) electrons. The first-order chi connectivity index (χ1) is 13.2. The summed E-state index contributed by atoms with van der Waals surface area (Å²) < 4.78 is 25.2. The van der Waals surface area contributed by atoms with E-state index in [2.05, 4.69) is 15.4 Å². The quantitative estimate of drug-likeness (QED) is 0.539. The van der Waals surface area contributed by atoms with Crippen LogP contribution in [0.3, 0.4) is 0 Å². The predicted octanol–water partition coefficient (Wildman–Crippen LogP) is 2.54. The Balaban J connectivity index is 1.73. The molecule has 0 aliphatic carbocycles. The number of benzene rings is 2. The fourth-order valence-electron chi connectivity index (χ4n) is 2.41. The summed E-state index contributed by atoms with van der Waals surface area (Å²) in [6.45, 7) is 0.565. The first-order valence-corrected chi connectivity index (χ1v) is 10.9. The molecule has 9 heteroatoms. The van der Waals surface area contributed by atoms with Gasteiger partial charge in [0.05, 0.1) is 11.9 Å². The standard InChI is InChI=1S/C19H22ClN3O4S/c1-28(26,27)23-17-6-3-2-5-15(17)13-22-18(24)7-4-12-21-19(25)14-8-10-16(20)11-9-14/h2-3,5-6,8-11,23H,4,7,12-13H2,1H3,(H,21,25)(H,22,24). The summed E-state index contributed by atoms with van der Waals surface area (Å²) in [5, 5.41) is 6.05. The van der Waals surface area contributed by atoms with E-state index in [0.717, 1.165) is 6.26 Å². The lowest BCUT2D eigenvalue weighted by atomic mass is 10.2. The van der Waals surface area contributed by atoms with Crippen LogP contribution in [0.1, 0.15) is 28.8 Å². The first-order valence-electron chi connectivity index (χ1n) is 8.61. The summed E-state index contributed by atoms with van der Waals surface area (Å²) >= 11 is 5.78. The van der Waals surface area contributed by atoms with Gasteiger partial charge in [-0.2, -0.15) is 0 Å². The van der Waals surface area contributed by atoms with E-state index in [-0.39, 0.29) is 24.8 Å². The highest BCUT2D eigenvalue weighted by Gasteiger charge is 2.09. The second kappa shape index (κ2) is 10.1. The molecule has 0 aliphatic heterocycles. The molecule has 0 heterocycles. The number of amides is 2. The Morgan fingerprint density at radius 2 is 1.68 bits per heavy atom. The van der Waals surface area contributed by atoms with Crippen molar-refractivity contribution in [1.29, 1.82) is 0 Å². The maximum Gasteiger partial charge on any atom is 0.251 e. The summed E-state index contributed by atoms with van der Waals surface area (Å²) in [5.74, 6) is -0.409. The molecule has 0 aliphatic rings. The Hall–Kier alpha value is -2.58. The number of anilines is 1. The van der Waals surface area contributed by atoms with E-state index in [1.165, 1.54) is 0 Å². The Morgan fingerprint density at radius 1 is 1.00 bits per heavy atom. The van der Waals surface area contributed by atoms with Gasteiger partial charge in [0.2, 0.25) is 15.9 Å². The molecule has 0 fully saturated rings. The molecule has 7 nitrogen and oxygen atoms in total. The number of rotatable bonds is 9. The van der Waals surface area contributed by atoms with E-state index in [0.29, 0.717) is 34.8 Å². The second-order valence-electron chi connectivity index (χ2n) is 6.17. The number of carbonyl (C=O) groups is 2. The molecule has 2 aromatic carbocycles. The van der Waals surface area contributed by atoms with Crippen molar-refractivity contribution >= 4 is 39.1 Å². The zero-order chi connectivity index (χ0) is 20.6. The van der Waals surface area contributed by atoms with Crippen molar-refractivity contribution < 1.29 is 18.0 Å². The van der Waals surface area contributed by atoms with Crippen LogP contribution in [-0.4, -0.2) is 33.0 Å². The third-order valence-electron chi connectivity index (χ3n) is 3.76. The van der Waals surface area contributed by atoms with Gasteiger partial charge >= 0.3 is 0 Å². The summed E-state index contributed by atoms with van der Waals surface area (Å²) in [7, 11) is -3.40. The van der Waals surface area contributed by atoms with Crippen LogP contribution in [0.5, 0.6) is 0 Å². The van der Waals surface area contributed by atoms with Gasteiger partial charge in [-0.3, -0.25) is 14.3 Å². The number of carbonyl (C=O) groups excluding carboxylic acids is 2. The number of sulfonamides is 1. The molecule has 2 aromatic rings. The summed E-state index contributed by atoms with van der Waals surface area (Å²) in [4.78, 5) is 23.9. The topological polar surface area (TPSA) is 104 Å². The SMILES string of the molecule is CS(=O)(=O)Nc1ccccc1CNC(=O)CCCNC(=O)c1ccc(Cl)cc1. The van der Waals surface area contributed by atoms with Gasteiger partial charge in [-0.15, -0.1) is 0 Å². The minimum atomic E-state index is -3.40. The molecule has 28 heavy (non-hydrogen) atoms. The third kappa shape index (κ3) is 7.58. The smallest absolute Gasteiger partial charge is 0.251 e. The number of hydrogen-bond donors (Lipinski definition) is 3. The molecular formula is C19H22ClN3O4S. The average Bonchev–Trinajstić information content (AvgIpc) is 2.63. The maximum atomic E-state index is 12.0. The fourth-order valence-corrected chi connectivity index (χ4v) is 3.13. The van der Waals surface area contributed by atoms with Crippen LogP contribution in [0.4, 0.5) is 5.69 Å². The van der Waals surface area contributed by atoms with Crippen molar-refractivity contribution in [2.24, 2.45) is 0 Å². The minimum Gasteiger partial charge on any atom is -0.352 e. The Kier molecular flexibility index (Phi) is 7.83. The highest BCUT2D eigenvalue weighted by molar-refractivity contribution is 7.92. The van der Waals surface area contributed by atoms with Gasteiger partial charge in [0.25, 0.3) is 5.91 Å². The highest BCUT2D eigenvalue weighted by atomic mass is 35.5. The molecule has 0 unspecified atom stereocenters. The van der Waals surface area contributed by atoms with Gasteiger partial charge in [0, 0.05) is 30.1 Å². The zero-order valence-corrected chi connectivity index (χ0v) is 16.9. The molecule has 0 saturated heterocycles. The highest BCUT2D eigenvalue weighted by Crippen LogP contribution is 2.16. The largest absolute Gasteiger partial charge is 0.352 e.